The van der Waals surface area contributed by atoms with E-state index in [4.69, 9.17) is 21.7 Å². The largest absolute Gasteiger partial charge is 0.493 e. The van der Waals surface area contributed by atoms with Crippen LogP contribution in [0.4, 0.5) is 17.6 Å². The highest BCUT2D eigenvalue weighted by atomic mass is 32.1. The van der Waals surface area contributed by atoms with Gasteiger partial charge in [0.25, 0.3) is 0 Å². The van der Waals surface area contributed by atoms with Gasteiger partial charge in [-0.25, -0.2) is 4.39 Å². The molecule has 0 saturated heterocycles. The number of hydrogen-bond acceptors (Lipinski definition) is 5. The molecule has 0 atom stereocenters. The number of aromatic nitrogens is 1. The summed E-state index contributed by atoms with van der Waals surface area (Å²) in [5, 5.41) is 19.3. The number of nitrogens with zero attached hydrogens (tertiary/aromatic N) is 1. The van der Waals surface area contributed by atoms with E-state index in [-0.39, 0.29) is 35.0 Å². The zero-order valence-corrected chi connectivity index (χ0v) is 18.7. The van der Waals surface area contributed by atoms with E-state index in [0.717, 1.165) is 17.4 Å². The molecule has 2 N–H and O–H groups in total. The first kappa shape index (κ1) is 24.7. The van der Waals surface area contributed by atoms with Crippen molar-refractivity contribution < 1.29 is 37.0 Å². The smallest absolute Gasteiger partial charge is 0.419 e. The number of alkyl halides is 3. The van der Waals surface area contributed by atoms with Crippen LogP contribution in [-0.2, 0) is 17.5 Å². The van der Waals surface area contributed by atoms with E-state index >= 15 is 0 Å². The summed E-state index contributed by atoms with van der Waals surface area (Å²) < 4.78 is 60.1. The number of unbranched alkanes of at least 4 members (excludes halogenated alkanes) is 2. The Labute approximate surface area is 195 Å². The molecule has 3 aromatic rings. The van der Waals surface area contributed by atoms with E-state index in [9.17, 15) is 27.5 Å². The van der Waals surface area contributed by atoms with Gasteiger partial charge in [-0.1, -0.05) is 13.0 Å². The van der Waals surface area contributed by atoms with Gasteiger partial charge < -0.3 is 14.6 Å². The summed E-state index contributed by atoms with van der Waals surface area (Å²) in [6.07, 6.45) is -2.99. The molecule has 0 saturated carbocycles. The molecule has 0 aliphatic carbocycles. The zero-order valence-electron chi connectivity index (χ0n) is 17.1. The Bertz CT molecular complexity index is 1240. The molecular weight excluding hydrogens is 482 g/mol. The molecule has 0 aliphatic heterocycles. The van der Waals surface area contributed by atoms with E-state index in [2.05, 4.69) is 6.58 Å². The first-order chi connectivity index (χ1) is 15.5. The van der Waals surface area contributed by atoms with Gasteiger partial charge >= 0.3 is 12.1 Å². The van der Waals surface area contributed by atoms with Crippen LogP contribution in [-0.4, -0.2) is 20.7 Å². The van der Waals surface area contributed by atoms with Gasteiger partial charge in [0.1, 0.15) is 22.2 Å². The van der Waals surface area contributed by atoms with Crippen molar-refractivity contribution in [2.75, 3.05) is 0 Å². The SMILES string of the molecule is C=C(c1ccc(-c2ccc(F)c(C(F)(F)F)c2)o1)c1sc(=S)n(CCCCCC(=O)O)c1O. The summed E-state index contributed by atoms with van der Waals surface area (Å²) in [7, 11) is 0. The average molecular weight is 502 g/mol. The van der Waals surface area contributed by atoms with Gasteiger partial charge in [0, 0.05) is 24.1 Å². The van der Waals surface area contributed by atoms with Crippen molar-refractivity contribution in [2.24, 2.45) is 0 Å². The van der Waals surface area contributed by atoms with E-state index in [0.29, 0.717) is 40.7 Å². The number of carbonyl (C=O) groups is 1. The van der Waals surface area contributed by atoms with Crippen LogP contribution in [0.3, 0.4) is 0 Å². The molecule has 1 aromatic carbocycles. The third-order valence-corrected chi connectivity index (χ3v) is 6.37. The Kier molecular flexibility index (Phi) is 7.43. The molecule has 176 valence electrons. The lowest BCUT2D eigenvalue weighted by molar-refractivity contribution is -0.140. The van der Waals surface area contributed by atoms with Crippen molar-refractivity contribution >= 4 is 35.1 Å². The topological polar surface area (TPSA) is 75.6 Å². The Morgan fingerprint density at radius 1 is 1.18 bits per heavy atom. The monoisotopic (exact) mass is 501 g/mol. The van der Waals surface area contributed by atoms with Gasteiger partial charge in [-0.15, -0.1) is 11.3 Å². The van der Waals surface area contributed by atoms with E-state index in [1.165, 1.54) is 22.8 Å². The highest BCUT2D eigenvalue weighted by Gasteiger charge is 2.34. The van der Waals surface area contributed by atoms with Gasteiger partial charge in [0.05, 0.1) is 5.56 Å². The van der Waals surface area contributed by atoms with Crippen molar-refractivity contribution in [3.05, 3.63) is 62.9 Å². The molecule has 5 nitrogen and oxygen atoms in total. The van der Waals surface area contributed by atoms with E-state index < -0.39 is 23.5 Å². The molecule has 2 heterocycles. The Morgan fingerprint density at radius 2 is 1.91 bits per heavy atom. The number of aliphatic carboxylic acids is 1. The Balaban J connectivity index is 1.78. The van der Waals surface area contributed by atoms with Crippen LogP contribution in [0.5, 0.6) is 5.88 Å². The lowest BCUT2D eigenvalue weighted by atomic mass is 10.1. The third kappa shape index (κ3) is 5.72. The standard InChI is InChI=1S/C22H19F4NO4S2/c1-12(19-20(30)27(21(32)33-19)10-4-2-3-5-18(28)29)16-8-9-17(31-16)13-6-7-15(23)14(11-13)22(24,25)26/h6-9,11,30H,1-5,10H2,(H,28,29). The third-order valence-electron chi connectivity index (χ3n) is 4.87. The molecule has 0 unspecified atom stereocenters. The first-order valence-electron chi connectivity index (χ1n) is 9.80. The molecule has 0 bridgehead atoms. The highest BCUT2D eigenvalue weighted by Crippen LogP contribution is 2.38. The van der Waals surface area contributed by atoms with Crippen molar-refractivity contribution in [3.8, 4) is 17.2 Å². The molecule has 33 heavy (non-hydrogen) atoms. The maximum atomic E-state index is 13.6. The summed E-state index contributed by atoms with van der Waals surface area (Å²) in [6, 6.07) is 5.50. The second-order valence-corrected chi connectivity index (χ2v) is 8.86. The van der Waals surface area contributed by atoms with E-state index in [1.54, 1.807) is 0 Å². The number of benzene rings is 1. The molecule has 0 spiro atoms. The maximum Gasteiger partial charge on any atom is 0.419 e. The van der Waals surface area contributed by atoms with Crippen LogP contribution in [0.1, 0.15) is 41.9 Å². The fourth-order valence-corrected chi connectivity index (χ4v) is 4.49. The minimum absolute atomic E-state index is 0.0403. The number of halogens is 4. The lowest BCUT2D eigenvalue weighted by Crippen LogP contribution is -2.08. The molecule has 11 heteroatoms. The minimum atomic E-state index is -4.84. The summed E-state index contributed by atoms with van der Waals surface area (Å²) in [5.74, 6) is -2.07. The van der Waals surface area contributed by atoms with Gasteiger partial charge in [0.2, 0.25) is 5.88 Å². The number of carboxylic acids is 1. The van der Waals surface area contributed by atoms with Gasteiger partial charge in [-0.3, -0.25) is 9.36 Å². The predicted octanol–water partition coefficient (Wildman–Crippen LogP) is 7.11. The maximum absolute atomic E-state index is 13.6. The van der Waals surface area contributed by atoms with Crippen LogP contribution < -0.4 is 0 Å². The number of carboxylic acid groups (broad SMARTS) is 1. The van der Waals surface area contributed by atoms with Crippen LogP contribution in [0.15, 0.2) is 41.3 Å². The van der Waals surface area contributed by atoms with Crippen LogP contribution in [0, 0.1) is 9.77 Å². The van der Waals surface area contributed by atoms with Crippen LogP contribution >= 0.6 is 23.6 Å². The quantitative estimate of drug-likeness (QED) is 0.186. The zero-order chi connectivity index (χ0) is 24.3. The summed E-state index contributed by atoms with van der Waals surface area (Å²) >= 11 is 6.41. The van der Waals surface area contributed by atoms with Crippen molar-refractivity contribution in [2.45, 2.75) is 38.4 Å². The van der Waals surface area contributed by atoms with Gasteiger partial charge in [-0.05, 0) is 55.4 Å². The molecule has 0 fully saturated rings. The Hall–Kier alpha value is -2.92. The molecule has 0 radical (unpaired) electrons. The normalized spacial score (nSPS) is 11.6. The number of thiazole rings is 1. The van der Waals surface area contributed by atoms with Gasteiger partial charge in [0.15, 0.2) is 3.95 Å². The number of hydrogen-bond donors (Lipinski definition) is 2. The molecule has 0 aliphatic rings. The van der Waals surface area contributed by atoms with Crippen molar-refractivity contribution in [3.63, 3.8) is 0 Å². The lowest BCUT2D eigenvalue weighted by Gasteiger charge is -2.09. The summed E-state index contributed by atoms with van der Waals surface area (Å²) in [4.78, 5) is 10.9. The fourth-order valence-electron chi connectivity index (χ4n) is 3.18. The summed E-state index contributed by atoms with van der Waals surface area (Å²) in [5.41, 5.74) is -1.07. The number of furan rings is 1. The molecule has 2 aromatic heterocycles. The van der Waals surface area contributed by atoms with Crippen LogP contribution in [0.2, 0.25) is 0 Å². The first-order valence-corrected chi connectivity index (χ1v) is 11.0. The minimum Gasteiger partial charge on any atom is -0.493 e. The van der Waals surface area contributed by atoms with E-state index in [1.807, 2.05) is 0 Å². The van der Waals surface area contributed by atoms with Crippen molar-refractivity contribution in [1.82, 2.24) is 4.57 Å². The Morgan fingerprint density at radius 3 is 2.58 bits per heavy atom. The number of aromatic hydroxyl groups is 1. The molecule has 3 rings (SSSR count). The van der Waals surface area contributed by atoms with Crippen LogP contribution in [0.25, 0.3) is 16.9 Å². The second-order valence-electron chi connectivity index (χ2n) is 7.21. The molecule has 0 amide bonds. The van der Waals surface area contributed by atoms with Crippen molar-refractivity contribution in [1.29, 1.82) is 0 Å². The van der Waals surface area contributed by atoms with Gasteiger partial charge in [-0.2, -0.15) is 13.2 Å². The molecular formula is C22H19F4NO4S2. The summed E-state index contributed by atoms with van der Waals surface area (Å²) in [6.45, 7) is 4.31. The average Bonchev–Trinajstić information content (AvgIpc) is 3.32. The number of rotatable bonds is 9. The highest BCUT2D eigenvalue weighted by molar-refractivity contribution is 7.73. The predicted molar refractivity (Wildman–Crippen MR) is 118 cm³/mol. The fraction of sp³-hybridized carbons (Fsp3) is 0.273. The second kappa shape index (κ2) is 9.92.